The normalized spacial score (nSPS) is 13.6. The summed E-state index contributed by atoms with van der Waals surface area (Å²) >= 11 is 0. The van der Waals surface area contributed by atoms with Crippen molar-refractivity contribution in [2.75, 3.05) is 0 Å². The van der Waals surface area contributed by atoms with Gasteiger partial charge in [0.25, 0.3) is 0 Å². The molecule has 0 atom stereocenters. The fourth-order valence-corrected chi connectivity index (χ4v) is 34.3. The molecule has 0 N–H and O–H groups in total. The quantitative estimate of drug-likeness (QED) is 0.127. The highest BCUT2D eigenvalue weighted by Crippen LogP contribution is 2.38. The standard InChI is InChI=1S/C30H62O4Si5/c1-13-29-25-27-30(28-26-29)36(17-5,18-6)32-38(21-9,22-10)34-39(23-11,24-12)33-37(19-7,20-8)31-35(14-2,15-3)16-4/h13,25-28H,1,14-24H2,2-12H3. The minimum absolute atomic E-state index is 0.944. The van der Waals surface area contributed by atoms with Crippen molar-refractivity contribution in [2.45, 2.75) is 143 Å². The fourth-order valence-electron chi connectivity index (χ4n) is 5.86. The minimum atomic E-state index is -2.57. The van der Waals surface area contributed by atoms with Crippen molar-refractivity contribution in [2.24, 2.45) is 0 Å². The Morgan fingerprint density at radius 2 is 0.846 bits per heavy atom. The molecule has 0 saturated heterocycles. The van der Waals surface area contributed by atoms with Crippen LogP contribution >= 0.6 is 0 Å². The van der Waals surface area contributed by atoms with Crippen LogP contribution in [0, 0.1) is 0 Å². The van der Waals surface area contributed by atoms with Crippen molar-refractivity contribution in [3.8, 4) is 0 Å². The highest BCUT2D eigenvalue weighted by Gasteiger charge is 2.54. The van der Waals surface area contributed by atoms with Crippen LogP contribution in [0.15, 0.2) is 30.8 Å². The molecule has 0 bridgehead atoms. The Hall–Kier alpha value is -0.116. The summed E-state index contributed by atoms with van der Waals surface area (Å²) in [5.41, 5.74) is 1.16. The van der Waals surface area contributed by atoms with Crippen LogP contribution in [0.4, 0.5) is 0 Å². The number of benzene rings is 1. The average Bonchev–Trinajstić information content (AvgIpc) is 3.01. The zero-order chi connectivity index (χ0) is 29.8. The maximum Gasteiger partial charge on any atom is 0.320 e. The maximum atomic E-state index is 7.56. The lowest BCUT2D eigenvalue weighted by Gasteiger charge is -2.49. The highest BCUT2D eigenvalue weighted by molar-refractivity contribution is 6.96. The summed E-state index contributed by atoms with van der Waals surface area (Å²) in [6.07, 6.45) is 1.92. The van der Waals surface area contributed by atoms with E-state index in [1.165, 1.54) is 5.19 Å². The molecule has 0 aromatic heterocycles. The van der Waals surface area contributed by atoms with Crippen molar-refractivity contribution in [3.05, 3.63) is 36.4 Å². The first-order valence-corrected chi connectivity index (χ1v) is 27.6. The third-order valence-corrected chi connectivity index (χ3v) is 35.7. The van der Waals surface area contributed by atoms with Gasteiger partial charge in [0.1, 0.15) is 0 Å². The van der Waals surface area contributed by atoms with Crippen LogP contribution in [0.25, 0.3) is 6.08 Å². The van der Waals surface area contributed by atoms with E-state index < -0.39 is 42.3 Å². The van der Waals surface area contributed by atoms with Crippen LogP contribution in [0.2, 0.25) is 66.5 Å². The SMILES string of the molecule is C=Cc1ccc([Si](CC)(CC)O[Si](CC)(CC)O[Si](CC)(CC)O[Si](CC)(CC)O[Si](CC)(CC)CC)cc1. The van der Waals surface area contributed by atoms with Crippen molar-refractivity contribution < 1.29 is 16.5 Å². The highest BCUT2D eigenvalue weighted by atomic mass is 28.5. The van der Waals surface area contributed by atoms with E-state index in [1.807, 2.05) is 6.08 Å². The van der Waals surface area contributed by atoms with Crippen LogP contribution in [0.5, 0.6) is 0 Å². The largest absolute Gasteiger partial charge is 0.436 e. The van der Waals surface area contributed by atoms with E-state index in [0.29, 0.717) is 0 Å². The van der Waals surface area contributed by atoms with E-state index in [1.54, 1.807) is 0 Å². The van der Waals surface area contributed by atoms with Crippen molar-refractivity contribution in [3.63, 3.8) is 0 Å². The topological polar surface area (TPSA) is 36.9 Å². The molecule has 0 aliphatic rings. The molecule has 39 heavy (non-hydrogen) atoms. The first-order chi connectivity index (χ1) is 18.5. The number of hydrogen-bond acceptors (Lipinski definition) is 4. The minimum Gasteiger partial charge on any atom is -0.436 e. The summed E-state index contributed by atoms with van der Waals surface area (Å²) in [5, 5.41) is 1.38. The molecule has 0 aliphatic carbocycles. The Morgan fingerprint density at radius 1 is 0.487 bits per heavy atom. The van der Waals surface area contributed by atoms with E-state index in [-0.39, 0.29) is 0 Å². The van der Waals surface area contributed by atoms with Gasteiger partial charge in [-0.1, -0.05) is 113 Å². The van der Waals surface area contributed by atoms with Crippen molar-refractivity contribution >= 4 is 53.6 Å². The molecule has 0 radical (unpaired) electrons. The fraction of sp³-hybridized carbons (Fsp3) is 0.733. The molecule has 0 aliphatic heterocycles. The van der Waals surface area contributed by atoms with Gasteiger partial charge < -0.3 is 16.5 Å². The molecule has 0 spiro atoms. The van der Waals surface area contributed by atoms with Crippen LogP contribution in [0.1, 0.15) is 81.7 Å². The summed E-state index contributed by atoms with van der Waals surface area (Å²) in [6.45, 7) is 29.3. The van der Waals surface area contributed by atoms with E-state index in [9.17, 15) is 0 Å². The first kappa shape index (κ1) is 36.9. The van der Waals surface area contributed by atoms with Gasteiger partial charge in [-0.15, -0.1) is 0 Å². The molecule has 0 heterocycles. The van der Waals surface area contributed by atoms with Gasteiger partial charge >= 0.3 is 25.7 Å². The van der Waals surface area contributed by atoms with Gasteiger partial charge in [0, 0.05) is 0 Å². The molecule has 0 fully saturated rings. The van der Waals surface area contributed by atoms with Crippen molar-refractivity contribution in [1.82, 2.24) is 0 Å². The van der Waals surface area contributed by atoms with Gasteiger partial charge in [-0.05, 0) is 77.2 Å². The average molecular weight is 627 g/mol. The van der Waals surface area contributed by atoms with Crippen LogP contribution < -0.4 is 5.19 Å². The summed E-state index contributed by atoms with van der Waals surface area (Å²) in [4.78, 5) is 0. The molecule has 4 nitrogen and oxygen atoms in total. The second-order valence-electron chi connectivity index (χ2n) is 11.0. The molecule has 1 rings (SSSR count). The van der Waals surface area contributed by atoms with E-state index >= 15 is 0 Å². The maximum absolute atomic E-state index is 7.56. The lowest BCUT2D eigenvalue weighted by atomic mass is 10.2. The second kappa shape index (κ2) is 16.5. The van der Waals surface area contributed by atoms with Gasteiger partial charge in [0.15, 0.2) is 8.32 Å². The molecule has 1 aromatic carbocycles. The molecule has 0 amide bonds. The molecule has 1 aromatic rings. The lowest BCUT2D eigenvalue weighted by Crippen LogP contribution is -2.65. The summed E-state index contributed by atoms with van der Waals surface area (Å²) in [6, 6.07) is 20.3. The zero-order valence-electron chi connectivity index (χ0n) is 27.5. The van der Waals surface area contributed by atoms with Gasteiger partial charge in [-0.3, -0.25) is 0 Å². The predicted molar refractivity (Wildman–Crippen MR) is 185 cm³/mol. The Labute approximate surface area is 248 Å². The smallest absolute Gasteiger partial charge is 0.320 e. The number of rotatable bonds is 21. The summed E-state index contributed by atoms with van der Waals surface area (Å²) in [7, 11) is -11.6. The molecule has 0 unspecified atom stereocenters. The van der Waals surface area contributed by atoms with Crippen molar-refractivity contribution in [1.29, 1.82) is 0 Å². The van der Waals surface area contributed by atoms with Gasteiger partial charge in [-0.2, -0.15) is 0 Å². The molecule has 226 valence electrons. The third-order valence-electron chi connectivity index (χ3n) is 9.51. The van der Waals surface area contributed by atoms with Crippen LogP contribution in [-0.2, 0) is 16.5 Å². The second-order valence-corrected chi connectivity index (χ2v) is 32.5. The molecular weight excluding hydrogens is 565 g/mol. The first-order valence-electron chi connectivity index (χ1n) is 16.1. The van der Waals surface area contributed by atoms with Crippen LogP contribution in [0.3, 0.4) is 0 Å². The third kappa shape index (κ3) is 8.70. The molecular formula is C30H62O4Si5. The van der Waals surface area contributed by atoms with Crippen LogP contribution in [-0.4, -0.2) is 42.3 Å². The Balaban J connectivity index is 3.56. The summed E-state index contributed by atoms with van der Waals surface area (Å²) < 4.78 is 29.9. The predicted octanol–water partition coefficient (Wildman–Crippen LogP) is 10.0. The van der Waals surface area contributed by atoms with E-state index in [4.69, 9.17) is 16.5 Å². The van der Waals surface area contributed by atoms with Gasteiger partial charge in [0.05, 0.1) is 0 Å². The lowest BCUT2D eigenvalue weighted by molar-refractivity contribution is 0.272. The molecule has 9 heteroatoms. The van der Waals surface area contributed by atoms with Gasteiger partial charge in [-0.25, -0.2) is 0 Å². The number of hydrogen-bond donors (Lipinski definition) is 0. The Morgan fingerprint density at radius 3 is 1.15 bits per heavy atom. The Bertz CT molecular complexity index is 820. The monoisotopic (exact) mass is 626 g/mol. The summed E-state index contributed by atoms with van der Waals surface area (Å²) in [5.74, 6) is 0. The van der Waals surface area contributed by atoms with E-state index in [2.05, 4.69) is 107 Å². The van der Waals surface area contributed by atoms with E-state index in [0.717, 1.165) is 72.0 Å². The molecule has 0 saturated carbocycles. The Kier molecular flexibility index (Phi) is 15.6. The zero-order valence-corrected chi connectivity index (χ0v) is 32.5. The van der Waals surface area contributed by atoms with Gasteiger partial charge in [0.2, 0.25) is 8.32 Å².